The number of sulfonamides is 1. The van der Waals surface area contributed by atoms with Crippen molar-refractivity contribution in [2.45, 2.75) is 37.6 Å². The standard InChI is InChI=1S/C15H23N3O3S.ClH/c1-12(16)15(19)17-14-7-9-18(10-8-14)22(20,21)11-13-5-3-2-4-6-13;/h2-6,12,14H,7-11,16H2,1H3,(H,17,19);1H/t12-;/m1./s1. The molecule has 1 aromatic rings. The summed E-state index contributed by atoms with van der Waals surface area (Å²) in [6, 6.07) is 8.62. The number of nitrogens with two attached hydrogens (primary N) is 1. The van der Waals surface area contributed by atoms with Gasteiger partial charge in [-0.25, -0.2) is 12.7 Å². The van der Waals surface area contributed by atoms with Crippen molar-refractivity contribution in [3.05, 3.63) is 35.9 Å². The molecule has 0 bridgehead atoms. The number of halogens is 1. The summed E-state index contributed by atoms with van der Waals surface area (Å²) < 4.78 is 26.3. The largest absolute Gasteiger partial charge is 0.352 e. The van der Waals surface area contributed by atoms with E-state index in [4.69, 9.17) is 5.73 Å². The summed E-state index contributed by atoms with van der Waals surface area (Å²) in [7, 11) is -3.31. The predicted molar refractivity (Wildman–Crippen MR) is 92.7 cm³/mol. The van der Waals surface area contributed by atoms with Crippen molar-refractivity contribution in [3.63, 3.8) is 0 Å². The molecule has 0 aromatic heterocycles. The number of hydrogen-bond acceptors (Lipinski definition) is 4. The minimum atomic E-state index is -3.31. The highest BCUT2D eigenvalue weighted by molar-refractivity contribution is 7.88. The van der Waals surface area contributed by atoms with Crippen molar-refractivity contribution >= 4 is 28.3 Å². The van der Waals surface area contributed by atoms with Gasteiger partial charge in [0, 0.05) is 19.1 Å². The molecule has 6 nitrogen and oxygen atoms in total. The Kier molecular flexibility index (Phi) is 7.47. The number of rotatable bonds is 5. The van der Waals surface area contributed by atoms with E-state index in [1.807, 2.05) is 30.3 Å². The number of carbonyl (C=O) groups is 1. The number of nitrogens with one attached hydrogen (secondary N) is 1. The van der Waals surface area contributed by atoms with Crippen LogP contribution in [0.25, 0.3) is 0 Å². The van der Waals surface area contributed by atoms with Gasteiger partial charge in [0.1, 0.15) is 0 Å². The lowest BCUT2D eigenvalue weighted by Gasteiger charge is -2.32. The van der Waals surface area contributed by atoms with Crippen LogP contribution in [0, 0.1) is 0 Å². The summed E-state index contributed by atoms with van der Waals surface area (Å²) >= 11 is 0. The maximum atomic E-state index is 12.4. The van der Waals surface area contributed by atoms with Crippen LogP contribution in [0.5, 0.6) is 0 Å². The molecule has 130 valence electrons. The highest BCUT2D eigenvalue weighted by Gasteiger charge is 2.29. The molecular weight excluding hydrogens is 338 g/mol. The van der Waals surface area contributed by atoms with Gasteiger partial charge in [0.05, 0.1) is 11.8 Å². The van der Waals surface area contributed by atoms with Crippen molar-refractivity contribution in [2.24, 2.45) is 5.73 Å². The molecule has 8 heteroatoms. The molecule has 0 unspecified atom stereocenters. The summed E-state index contributed by atoms with van der Waals surface area (Å²) in [6.45, 7) is 2.49. The van der Waals surface area contributed by atoms with E-state index in [0.717, 1.165) is 5.56 Å². The number of hydrogen-bond donors (Lipinski definition) is 2. The first-order valence-corrected chi connectivity index (χ1v) is 9.07. The highest BCUT2D eigenvalue weighted by atomic mass is 35.5. The fraction of sp³-hybridized carbons (Fsp3) is 0.533. The Balaban J connectivity index is 0.00000264. The Morgan fingerprint density at radius 3 is 2.39 bits per heavy atom. The molecule has 1 aliphatic heterocycles. The van der Waals surface area contributed by atoms with E-state index in [1.54, 1.807) is 6.92 Å². The van der Waals surface area contributed by atoms with Gasteiger partial charge in [0.15, 0.2) is 0 Å². The minimum absolute atomic E-state index is 0. The van der Waals surface area contributed by atoms with Crippen molar-refractivity contribution in [2.75, 3.05) is 13.1 Å². The Hall–Kier alpha value is -1.15. The molecule has 3 N–H and O–H groups in total. The van der Waals surface area contributed by atoms with Gasteiger partial charge in [-0.2, -0.15) is 0 Å². The molecule has 0 saturated carbocycles. The quantitative estimate of drug-likeness (QED) is 0.813. The predicted octanol–water partition coefficient (Wildman–Crippen LogP) is 0.866. The summed E-state index contributed by atoms with van der Waals surface area (Å²) in [4.78, 5) is 11.6. The van der Waals surface area contributed by atoms with Gasteiger partial charge < -0.3 is 11.1 Å². The molecule has 1 aromatic carbocycles. The van der Waals surface area contributed by atoms with Gasteiger partial charge in [-0.15, -0.1) is 12.4 Å². The fourth-order valence-corrected chi connectivity index (χ4v) is 4.05. The van der Waals surface area contributed by atoms with Gasteiger partial charge in [0.25, 0.3) is 0 Å². The maximum Gasteiger partial charge on any atom is 0.236 e. The second-order valence-corrected chi connectivity index (χ2v) is 7.68. The second kappa shape index (κ2) is 8.63. The first-order chi connectivity index (χ1) is 10.4. The zero-order valence-corrected chi connectivity index (χ0v) is 14.8. The van der Waals surface area contributed by atoms with Gasteiger partial charge in [-0.3, -0.25) is 4.79 Å². The van der Waals surface area contributed by atoms with E-state index in [0.29, 0.717) is 25.9 Å². The Labute approximate surface area is 143 Å². The van der Waals surface area contributed by atoms with Crippen molar-refractivity contribution < 1.29 is 13.2 Å². The molecule has 2 rings (SSSR count). The van der Waals surface area contributed by atoms with Gasteiger partial charge in [0.2, 0.25) is 15.9 Å². The van der Waals surface area contributed by atoms with Crippen LogP contribution >= 0.6 is 12.4 Å². The molecular formula is C15H24ClN3O3S. The lowest BCUT2D eigenvalue weighted by molar-refractivity contribution is -0.122. The maximum absolute atomic E-state index is 12.4. The fourth-order valence-electron chi connectivity index (χ4n) is 2.49. The van der Waals surface area contributed by atoms with E-state index in [9.17, 15) is 13.2 Å². The molecule has 0 spiro atoms. The van der Waals surface area contributed by atoms with Crippen LogP contribution in [0.4, 0.5) is 0 Å². The first kappa shape index (κ1) is 19.9. The molecule has 23 heavy (non-hydrogen) atoms. The van der Waals surface area contributed by atoms with Crippen LogP contribution in [0.2, 0.25) is 0 Å². The monoisotopic (exact) mass is 361 g/mol. The minimum Gasteiger partial charge on any atom is -0.352 e. The number of nitrogens with zero attached hydrogens (tertiary/aromatic N) is 1. The molecule has 1 amide bonds. The summed E-state index contributed by atoms with van der Waals surface area (Å²) in [6.07, 6.45) is 1.24. The molecule has 0 radical (unpaired) electrons. The van der Waals surface area contributed by atoms with E-state index in [-0.39, 0.29) is 30.1 Å². The Morgan fingerprint density at radius 2 is 1.87 bits per heavy atom. The van der Waals surface area contributed by atoms with Gasteiger partial charge in [-0.1, -0.05) is 30.3 Å². The topological polar surface area (TPSA) is 92.5 Å². The highest BCUT2D eigenvalue weighted by Crippen LogP contribution is 2.17. The lowest BCUT2D eigenvalue weighted by atomic mass is 10.1. The van der Waals surface area contributed by atoms with E-state index >= 15 is 0 Å². The van der Waals surface area contributed by atoms with E-state index in [1.165, 1.54) is 4.31 Å². The molecule has 1 fully saturated rings. The average Bonchev–Trinajstić information content (AvgIpc) is 2.48. The third kappa shape index (κ3) is 5.76. The number of amides is 1. The molecule has 1 atom stereocenters. The Morgan fingerprint density at radius 1 is 1.30 bits per heavy atom. The molecule has 0 aliphatic carbocycles. The zero-order chi connectivity index (χ0) is 16.2. The average molecular weight is 362 g/mol. The van der Waals surface area contributed by atoms with E-state index in [2.05, 4.69) is 5.32 Å². The number of benzene rings is 1. The summed E-state index contributed by atoms with van der Waals surface area (Å²) in [5.41, 5.74) is 6.30. The van der Waals surface area contributed by atoms with Crippen LogP contribution in [0.15, 0.2) is 30.3 Å². The molecule has 1 aliphatic rings. The van der Waals surface area contributed by atoms with Crippen LogP contribution in [0.1, 0.15) is 25.3 Å². The lowest BCUT2D eigenvalue weighted by Crippen LogP contribution is -2.49. The first-order valence-electron chi connectivity index (χ1n) is 7.46. The Bertz CT molecular complexity index is 600. The normalized spacial score (nSPS) is 18.0. The summed E-state index contributed by atoms with van der Waals surface area (Å²) in [5, 5.41) is 2.85. The number of carbonyl (C=O) groups excluding carboxylic acids is 1. The SMILES string of the molecule is C[C@@H](N)C(=O)NC1CCN(S(=O)(=O)Cc2ccccc2)CC1.Cl. The zero-order valence-electron chi connectivity index (χ0n) is 13.1. The van der Waals surface area contributed by atoms with Crippen LogP contribution in [0.3, 0.4) is 0 Å². The van der Waals surface area contributed by atoms with E-state index < -0.39 is 16.1 Å². The molecule has 1 saturated heterocycles. The smallest absolute Gasteiger partial charge is 0.236 e. The second-order valence-electron chi connectivity index (χ2n) is 5.71. The van der Waals surface area contributed by atoms with Crippen LogP contribution in [-0.4, -0.2) is 43.8 Å². The van der Waals surface area contributed by atoms with Gasteiger partial charge in [-0.05, 0) is 25.3 Å². The third-order valence-corrected chi connectivity index (χ3v) is 5.65. The van der Waals surface area contributed by atoms with Crippen LogP contribution in [-0.2, 0) is 20.6 Å². The van der Waals surface area contributed by atoms with Crippen molar-refractivity contribution in [1.82, 2.24) is 9.62 Å². The number of piperidine rings is 1. The van der Waals surface area contributed by atoms with Gasteiger partial charge >= 0.3 is 0 Å². The third-order valence-electron chi connectivity index (χ3n) is 3.80. The van der Waals surface area contributed by atoms with Crippen LogP contribution < -0.4 is 11.1 Å². The van der Waals surface area contributed by atoms with Crippen molar-refractivity contribution in [3.8, 4) is 0 Å². The molecule has 1 heterocycles. The van der Waals surface area contributed by atoms with Crippen molar-refractivity contribution in [1.29, 1.82) is 0 Å². The summed E-state index contributed by atoms with van der Waals surface area (Å²) in [5.74, 6) is -0.171.